The first-order valence-corrected chi connectivity index (χ1v) is 5.56. The average molecular weight is 203 g/mol. The number of carbonyl (C=O) groups is 1. The molecule has 1 aromatic rings. The Bertz CT molecular complexity index is 334. The summed E-state index contributed by atoms with van der Waals surface area (Å²) < 4.78 is 0. The van der Waals surface area contributed by atoms with Crippen molar-refractivity contribution in [3.63, 3.8) is 0 Å². The zero-order valence-electron chi connectivity index (χ0n) is 9.15. The van der Waals surface area contributed by atoms with E-state index in [-0.39, 0.29) is 5.92 Å². The molecule has 0 saturated heterocycles. The van der Waals surface area contributed by atoms with E-state index >= 15 is 0 Å². The number of hydrogen-bond acceptors (Lipinski definition) is 2. The summed E-state index contributed by atoms with van der Waals surface area (Å²) in [6.07, 6.45) is 2.93. The van der Waals surface area contributed by atoms with Gasteiger partial charge in [-0.25, -0.2) is 0 Å². The highest BCUT2D eigenvalue weighted by molar-refractivity contribution is 5.83. The lowest BCUT2D eigenvalue weighted by molar-refractivity contribution is -0.120. The van der Waals surface area contributed by atoms with Gasteiger partial charge in [-0.2, -0.15) is 0 Å². The van der Waals surface area contributed by atoms with Crippen LogP contribution in [0.1, 0.15) is 19.3 Å². The molecule has 0 radical (unpaired) electrons. The summed E-state index contributed by atoms with van der Waals surface area (Å²) >= 11 is 0. The Balaban J connectivity index is 1.98. The van der Waals surface area contributed by atoms with Gasteiger partial charge in [0.15, 0.2) is 0 Å². The van der Waals surface area contributed by atoms with Crippen molar-refractivity contribution in [1.82, 2.24) is 0 Å². The molecule has 1 atom stereocenters. The van der Waals surface area contributed by atoms with E-state index in [1.165, 1.54) is 5.69 Å². The summed E-state index contributed by atoms with van der Waals surface area (Å²) in [5, 5.41) is 0. The van der Waals surface area contributed by atoms with Gasteiger partial charge in [-0.3, -0.25) is 4.79 Å². The van der Waals surface area contributed by atoms with Gasteiger partial charge in [0.05, 0.1) is 0 Å². The monoisotopic (exact) mass is 203 g/mol. The van der Waals surface area contributed by atoms with Gasteiger partial charge in [-0.05, 0) is 25.0 Å². The SMILES string of the molecule is CN(CC1CCCC1=O)c1ccccc1. The van der Waals surface area contributed by atoms with Gasteiger partial charge in [-0.15, -0.1) is 0 Å². The summed E-state index contributed by atoms with van der Waals surface area (Å²) in [4.78, 5) is 13.7. The van der Waals surface area contributed by atoms with Crippen molar-refractivity contribution in [1.29, 1.82) is 0 Å². The number of rotatable bonds is 3. The van der Waals surface area contributed by atoms with Gasteiger partial charge >= 0.3 is 0 Å². The third kappa shape index (κ3) is 2.38. The lowest BCUT2D eigenvalue weighted by atomic mass is 10.1. The number of hydrogen-bond donors (Lipinski definition) is 0. The molecular weight excluding hydrogens is 186 g/mol. The number of nitrogens with zero attached hydrogens (tertiary/aromatic N) is 1. The fraction of sp³-hybridized carbons (Fsp3) is 0.462. The van der Waals surface area contributed by atoms with Gasteiger partial charge in [0.1, 0.15) is 5.78 Å². The van der Waals surface area contributed by atoms with Crippen LogP contribution in [0.4, 0.5) is 5.69 Å². The van der Waals surface area contributed by atoms with Crippen molar-refractivity contribution in [3.8, 4) is 0 Å². The maximum atomic E-state index is 11.5. The second-order valence-corrected chi connectivity index (χ2v) is 4.27. The van der Waals surface area contributed by atoms with Crippen LogP contribution in [-0.4, -0.2) is 19.4 Å². The van der Waals surface area contributed by atoms with E-state index in [1.807, 2.05) is 18.2 Å². The first-order chi connectivity index (χ1) is 7.27. The van der Waals surface area contributed by atoms with Crippen LogP contribution in [-0.2, 0) is 4.79 Å². The molecule has 2 heteroatoms. The lowest BCUT2D eigenvalue weighted by Gasteiger charge is -2.22. The second kappa shape index (κ2) is 4.47. The first-order valence-electron chi connectivity index (χ1n) is 5.56. The number of carbonyl (C=O) groups excluding carboxylic acids is 1. The smallest absolute Gasteiger partial charge is 0.137 e. The zero-order chi connectivity index (χ0) is 10.7. The number of Topliss-reactive ketones (excluding diaryl/α,β-unsaturated/α-hetero) is 1. The standard InChI is InChI=1S/C13H17NO/c1-14(12-7-3-2-4-8-12)10-11-6-5-9-13(11)15/h2-4,7-8,11H,5-6,9-10H2,1H3. The molecule has 80 valence electrons. The van der Waals surface area contributed by atoms with Crippen LogP contribution >= 0.6 is 0 Å². The molecule has 2 nitrogen and oxygen atoms in total. The van der Waals surface area contributed by atoms with E-state index in [1.54, 1.807) is 0 Å². The molecule has 1 saturated carbocycles. The molecule has 2 rings (SSSR count). The van der Waals surface area contributed by atoms with Crippen molar-refractivity contribution in [3.05, 3.63) is 30.3 Å². The van der Waals surface area contributed by atoms with E-state index in [2.05, 4.69) is 24.1 Å². The fourth-order valence-corrected chi connectivity index (χ4v) is 2.20. The van der Waals surface area contributed by atoms with Crippen molar-refractivity contribution < 1.29 is 4.79 Å². The Labute approximate surface area is 90.9 Å². The van der Waals surface area contributed by atoms with Crippen molar-refractivity contribution >= 4 is 11.5 Å². The van der Waals surface area contributed by atoms with Crippen LogP contribution in [0.5, 0.6) is 0 Å². The van der Waals surface area contributed by atoms with Crippen LogP contribution in [0.2, 0.25) is 0 Å². The number of anilines is 1. The minimum atomic E-state index is 0.259. The van der Waals surface area contributed by atoms with Crippen LogP contribution in [0.15, 0.2) is 30.3 Å². The molecule has 1 aromatic carbocycles. The number of ketones is 1. The van der Waals surface area contributed by atoms with Gasteiger partial charge in [0, 0.05) is 31.6 Å². The predicted octanol–water partition coefficient (Wildman–Crippen LogP) is 2.49. The molecule has 0 N–H and O–H groups in total. The Morgan fingerprint density at radius 2 is 2.07 bits per heavy atom. The van der Waals surface area contributed by atoms with E-state index in [4.69, 9.17) is 0 Å². The zero-order valence-corrected chi connectivity index (χ0v) is 9.15. The van der Waals surface area contributed by atoms with Gasteiger partial charge in [0.2, 0.25) is 0 Å². The maximum absolute atomic E-state index is 11.5. The summed E-state index contributed by atoms with van der Waals surface area (Å²) in [6.45, 7) is 0.864. The van der Waals surface area contributed by atoms with Crippen molar-refractivity contribution in [2.45, 2.75) is 19.3 Å². The van der Waals surface area contributed by atoms with Crippen molar-refractivity contribution in [2.75, 3.05) is 18.5 Å². The highest BCUT2D eigenvalue weighted by Crippen LogP contribution is 2.23. The first kappa shape index (κ1) is 10.2. The molecule has 1 aliphatic rings. The topological polar surface area (TPSA) is 20.3 Å². The third-order valence-electron chi connectivity index (χ3n) is 3.12. The molecule has 0 aliphatic heterocycles. The predicted molar refractivity (Wildman–Crippen MR) is 62.1 cm³/mol. The maximum Gasteiger partial charge on any atom is 0.137 e. The van der Waals surface area contributed by atoms with Gasteiger partial charge in [-0.1, -0.05) is 18.2 Å². The van der Waals surface area contributed by atoms with Crippen LogP contribution in [0.25, 0.3) is 0 Å². The molecule has 1 unspecified atom stereocenters. The molecule has 1 aliphatic carbocycles. The number of para-hydroxylation sites is 1. The summed E-state index contributed by atoms with van der Waals surface area (Å²) in [6, 6.07) is 10.2. The number of benzene rings is 1. The summed E-state index contributed by atoms with van der Waals surface area (Å²) in [7, 11) is 2.06. The summed E-state index contributed by atoms with van der Waals surface area (Å²) in [5.74, 6) is 0.702. The molecule has 0 bridgehead atoms. The molecule has 0 amide bonds. The van der Waals surface area contributed by atoms with Crippen molar-refractivity contribution in [2.24, 2.45) is 5.92 Å². The van der Waals surface area contributed by atoms with E-state index < -0.39 is 0 Å². The quantitative estimate of drug-likeness (QED) is 0.752. The fourth-order valence-electron chi connectivity index (χ4n) is 2.20. The van der Waals surface area contributed by atoms with Crippen LogP contribution in [0, 0.1) is 5.92 Å². The lowest BCUT2D eigenvalue weighted by Crippen LogP contribution is -2.27. The minimum absolute atomic E-state index is 0.259. The van der Waals surface area contributed by atoms with E-state index in [0.29, 0.717) is 5.78 Å². The third-order valence-corrected chi connectivity index (χ3v) is 3.12. The minimum Gasteiger partial charge on any atom is -0.374 e. The Morgan fingerprint density at radius 3 is 2.67 bits per heavy atom. The molecular formula is C13H17NO. The highest BCUT2D eigenvalue weighted by Gasteiger charge is 2.25. The van der Waals surface area contributed by atoms with Crippen LogP contribution < -0.4 is 4.90 Å². The van der Waals surface area contributed by atoms with E-state index in [9.17, 15) is 4.79 Å². The second-order valence-electron chi connectivity index (χ2n) is 4.27. The molecule has 15 heavy (non-hydrogen) atoms. The average Bonchev–Trinajstić information content (AvgIpc) is 2.66. The molecule has 0 spiro atoms. The Kier molecular flexibility index (Phi) is 3.05. The van der Waals surface area contributed by atoms with Gasteiger partial charge in [0.25, 0.3) is 0 Å². The van der Waals surface area contributed by atoms with Gasteiger partial charge < -0.3 is 4.90 Å². The molecule has 1 fully saturated rings. The Morgan fingerprint density at radius 1 is 1.33 bits per heavy atom. The molecule has 0 aromatic heterocycles. The molecule has 0 heterocycles. The van der Waals surface area contributed by atoms with Crippen LogP contribution in [0.3, 0.4) is 0 Å². The normalized spacial score (nSPS) is 20.6. The summed E-state index contributed by atoms with van der Waals surface area (Å²) in [5.41, 5.74) is 1.19. The Hall–Kier alpha value is -1.31. The highest BCUT2D eigenvalue weighted by atomic mass is 16.1. The van der Waals surface area contributed by atoms with E-state index in [0.717, 1.165) is 25.8 Å². The largest absolute Gasteiger partial charge is 0.374 e.